The molecule has 0 aliphatic carbocycles. The molecule has 5 heteroatoms. The molecule has 0 heterocycles. The molecule has 0 spiro atoms. The summed E-state index contributed by atoms with van der Waals surface area (Å²) in [4.78, 5) is 20.4. The molecule has 0 aliphatic heterocycles. The molecule has 4 nitrogen and oxygen atoms in total. The van der Waals surface area contributed by atoms with E-state index in [4.69, 9.17) is 11.6 Å². The lowest BCUT2D eigenvalue weighted by Gasteiger charge is -2.17. The quantitative estimate of drug-likeness (QED) is 0.399. The highest BCUT2D eigenvalue weighted by atomic mass is 35.5. The predicted molar refractivity (Wildman–Crippen MR) is 47.3 cm³/mol. The van der Waals surface area contributed by atoms with Gasteiger partial charge in [-0.25, -0.2) is 0 Å². The molecule has 0 aromatic rings. The van der Waals surface area contributed by atoms with Crippen LogP contribution in [0, 0.1) is 0 Å². The van der Waals surface area contributed by atoms with E-state index in [0.717, 1.165) is 0 Å². The van der Waals surface area contributed by atoms with E-state index in [1.807, 2.05) is 0 Å². The van der Waals surface area contributed by atoms with E-state index >= 15 is 0 Å². The second-order valence-electron chi connectivity index (χ2n) is 2.74. The van der Waals surface area contributed by atoms with E-state index in [1.165, 1.54) is 6.92 Å². The van der Waals surface area contributed by atoms with Crippen LogP contribution < -0.4 is 0 Å². The Bertz CT molecular complexity index is 200. The third-order valence-corrected chi connectivity index (χ3v) is 1.96. The van der Waals surface area contributed by atoms with Crippen molar-refractivity contribution in [2.75, 3.05) is 6.79 Å². The molecular weight excluding hydrogens is 196 g/mol. The van der Waals surface area contributed by atoms with Crippen LogP contribution in [0.1, 0.15) is 27.2 Å². The number of ether oxygens (including phenoxy) is 2. The van der Waals surface area contributed by atoms with Gasteiger partial charge in [0.1, 0.15) is 4.87 Å². The highest BCUT2D eigenvalue weighted by Crippen LogP contribution is 2.20. The first-order valence-electron chi connectivity index (χ1n) is 3.89. The zero-order valence-electron chi connectivity index (χ0n) is 7.93. The fraction of sp³-hybridized carbons (Fsp3) is 0.750. The molecule has 76 valence electrons. The highest BCUT2D eigenvalue weighted by molar-refractivity contribution is 6.33. The molecule has 0 N–H and O–H groups in total. The van der Waals surface area contributed by atoms with Crippen LogP contribution in [0.4, 0.5) is 0 Å². The number of alkyl halides is 1. The van der Waals surface area contributed by atoms with Crippen molar-refractivity contribution in [3.63, 3.8) is 0 Å². The zero-order chi connectivity index (χ0) is 10.5. The van der Waals surface area contributed by atoms with Gasteiger partial charge in [0, 0.05) is 6.92 Å². The molecule has 1 atom stereocenters. The summed E-state index contributed by atoms with van der Waals surface area (Å²) >= 11 is 5.77. The van der Waals surface area contributed by atoms with Gasteiger partial charge in [-0.15, -0.1) is 11.6 Å². The van der Waals surface area contributed by atoms with Crippen LogP contribution in [0.3, 0.4) is 0 Å². The first-order valence-corrected chi connectivity index (χ1v) is 4.27. The van der Waals surface area contributed by atoms with Crippen molar-refractivity contribution < 1.29 is 19.1 Å². The van der Waals surface area contributed by atoms with Crippen molar-refractivity contribution in [2.45, 2.75) is 32.1 Å². The molecule has 0 saturated heterocycles. The van der Waals surface area contributed by atoms with Crippen LogP contribution >= 0.6 is 11.6 Å². The minimum absolute atomic E-state index is 0.378. The smallest absolute Gasteiger partial charge is 0.329 e. The summed E-state index contributed by atoms with van der Waals surface area (Å²) < 4.78 is 9.01. The molecule has 0 aromatic heterocycles. The van der Waals surface area contributed by atoms with Gasteiger partial charge in [-0.2, -0.15) is 0 Å². The van der Waals surface area contributed by atoms with Gasteiger partial charge in [-0.3, -0.25) is 9.59 Å². The predicted octanol–water partition coefficient (Wildman–Crippen LogP) is 1.46. The van der Waals surface area contributed by atoms with Crippen LogP contribution in [0.5, 0.6) is 0 Å². The first-order chi connectivity index (χ1) is 5.90. The SMILES string of the molecule is CCC(C)(Cl)C(=O)OCOC(C)=O. The summed E-state index contributed by atoms with van der Waals surface area (Å²) in [6.07, 6.45) is 0.452. The van der Waals surface area contributed by atoms with E-state index in [-0.39, 0.29) is 6.79 Å². The Hall–Kier alpha value is -0.770. The molecule has 1 unspecified atom stereocenters. The van der Waals surface area contributed by atoms with Crippen molar-refractivity contribution in [2.24, 2.45) is 0 Å². The number of hydrogen-bond acceptors (Lipinski definition) is 4. The summed E-state index contributed by atoms with van der Waals surface area (Å²) in [6.45, 7) is 4.16. The maximum absolute atomic E-state index is 11.1. The lowest BCUT2D eigenvalue weighted by molar-refractivity contribution is -0.167. The van der Waals surface area contributed by atoms with Gasteiger partial charge in [0.2, 0.25) is 6.79 Å². The largest absolute Gasteiger partial charge is 0.428 e. The average Bonchev–Trinajstić information content (AvgIpc) is 2.03. The van der Waals surface area contributed by atoms with Gasteiger partial charge < -0.3 is 9.47 Å². The van der Waals surface area contributed by atoms with Crippen LogP contribution in [0.25, 0.3) is 0 Å². The monoisotopic (exact) mass is 208 g/mol. The van der Waals surface area contributed by atoms with Crippen LogP contribution in [-0.2, 0) is 19.1 Å². The number of halogens is 1. The number of rotatable bonds is 4. The van der Waals surface area contributed by atoms with Crippen molar-refractivity contribution >= 4 is 23.5 Å². The summed E-state index contributed by atoms with van der Waals surface area (Å²) in [6, 6.07) is 0. The lowest BCUT2D eigenvalue weighted by atomic mass is 10.1. The number of hydrogen-bond donors (Lipinski definition) is 0. The van der Waals surface area contributed by atoms with Gasteiger partial charge in [0.05, 0.1) is 0 Å². The maximum atomic E-state index is 11.1. The summed E-state index contributed by atoms with van der Waals surface area (Å²) in [5.74, 6) is -1.08. The minimum atomic E-state index is -1.04. The van der Waals surface area contributed by atoms with E-state index in [9.17, 15) is 9.59 Å². The molecule has 0 bridgehead atoms. The Morgan fingerprint density at radius 3 is 2.31 bits per heavy atom. The van der Waals surface area contributed by atoms with Crippen LogP contribution in [-0.4, -0.2) is 23.6 Å². The zero-order valence-corrected chi connectivity index (χ0v) is 8.68. The summed E-state index contributed by atoms with van der Waals surface area (Å²) in [5.41, 5.74) is 0. The van der Waals surface area contributed by atoms with Crippen LogP contribution in [0.2, 0.25) is 0 Å². The Kier molecular flexibility index (Phi) is 4.77. The minimum Gasteiger partial charge on any atom is -0.428 e. The number of carbonyl (C=O) groups excluding carboxylic acids is 2. The first kappa shape index (κ1) is 12.2. The Labute approximate surface area is 82.1 Å². The van der Waals surface area contributed by atoms with Gasteiger partial charge in [-0.1, -0.05) is 6.92 Å². The molecule has 0 rings (SSSR count). The molecular formula is C8H13ClO4. The molecule has 0 saturated carbocycles. The van der Waals surface area contributed by atoms with Crippen molar-refractivity contribution in [3.8, 4) is 0 Å². The molecule has 13 heavy (non-hydrogen) atoms. The second-order valence-corrected chi connectivity index (χ2v) is 3.57. The fourth-order valence-corrected chi connectivity index (χ4v) is 0.515. The van der Waals surface area contributed by atoms with Gasteiger partial charge in [0.15, 0.2) is 0 Å². The third-order valence-electron chi connectivity index (χ3n) is 1.54. The van der Waals surface area contributed by atoms with E-state index in [2.05, 4.69) is 9.47 Å². The van der Waals surface area contributed by atoms with Gasteiger partial charge in [-0.05, 0) is 13.3 Å². The standard InChI is InChI=1S/C8H13ClO4/c1-4-8(3,9)7(11)13-5-12-6(2)10/h4-5H2,1-3H3. The summed E-state index contributed by atoms with van der Waals surface area (Å²) in [7, 11) is 0. The Morgan fingerprint density at radius 2 is 1.92 bits per heavy atom. The van der Waals surface area contributed by atoms with E-state index in [0.29, 0.717) is 6.42 Å². The molecule has 0 amide bonds. The van der Waals surface area contributed by atoms with Crippen molar-refractivity contribution in [1.29, 1.82) is 0 Å². The van der Waals surface area contributed by atoms with Crippen molar-refractivity contribution in [1.82, 2.24) is 0 Å². The normalized spacial score (nSPS) is 14.5. The molecule has 0 fully saturated rings. The average molecular weight is 209 g/mol. The summed E-state index contributed by atoms with van der Waals surface area (Å²) in [5, 5.41) is 0. The van der Waals surface area contributed by atoms with Crippen molar-refractivity contribution in [3.05, 3.63) is 0 Å². The fourth-order valence-electron chi connectivity index (χ4n) is 0.461. The van der Waals surface area contributed by atoms with Gasteiger partial charge >= 0.3 is 11.9 Å². The Balaban J connectivity index is 3.81. The molecule has 0 aromatic carbocycles. The Morgan fingerprint density at radius 1 is 1.38 bits per heavy atom. The second kappa shape index (κ2) is 5.07. The highest BCUT2D eigenvalue weighted by Gasteiger charge is 2.30. The topological polar surface area (TPSA) is 52.6 Å². The third kappa shape index (κ3) is 4.72. The number of carbonyl (C=O) groups is 2. The van der Waals surface area contributed by atoms with Crippen LogP contribution in [0.15, 0.2) is 0 Å². The lowest BCUT2D eigenvalue weighted by Crippen LogP contribution is -2.31. The molecule has 0 aliphatic rings. The number of esters is 2. The van der Waals surface area contributed by atoms with E-state index < -0.39 is 16.8 Å². The van der Waals surface area contributed by atoms with E-state index in [1.54, 1.807) is 13.8 Å². The molecule has 0 radical (unpaired) electrons. The maximum Gasteiger partial charge on any atom is 0.329 e. The van der Waals surface area contributed by atoms with Gasteiger partial charge in [0.25, 0.3) is 0 Å².